The molecule has 1 aliphatic rings. The molecule has 2 N–H and O–H groups in total. The largest absolute Gasteiger partial charge is 0.326 e. The number of anilines is 1. The number of nitrogens with zero attached hydrogens (tertiary/aromatic N) is 3. The van der Waals surface area contributed by atoms with E-state index in [9.17, 15) is 4.79 Å². The van der Waals surface area contributed by atoms with Crippen LogP contribution in [0.2, 0.25) is 0 Å². The van der Waals surface area contributed by atoms with E-state index < -0.39 is 0 Å². The zero-order valence-electron chi connectivity index (χ0n) is 17.3. The van der Waals surface area contributed by atoms with Crippen LogP contribution >= 0.6 is 0 Å². The van der Waals surface area contributed by atoms with Crippen molar-refractivity contribution < 1.29 is 4.79 Å². The van der Waals surface area contributed by atoms with Crippen LogP contribution in [0.4, 0.5) is 5.69 Å². The fourth-order valence-corrected chi connectivity index (χ4v) is 4.32. The Morgan fingerprint density at radius 1 is 1.10 bits per heavy atom. The number of carbonyl (C=O) groups excluding carboxylic acids is 1. The summed E-state index contributed by atoms with van der Waals surface area (Å²) >= 11 is 0. The Balaban J connectivity index is 1.29. The van der Waals surface area contributed by atoms with Crippen molar-refractivity contribution >= 4 is 22.5 Å². The van der Waals surface area contributed by atoms with Crippen molar-refractivity contribution in [3.05, 3.63) is 78.6 Å². The molecule has 0 spiro atoms. The van der Waals surface area contributed by atoms with Crippen LogP contribution in [-0.4, -0.2) is 39.1 Å². The quantitative estimate of drug-likeness (QED) is 0.508. The number of pyridine rings is 1. The fourth-order valence-electron chi connectivity index (χ4n) is 4.32. The van der Waals surface area contributed by atoms with E-state index >= 15 is 0 Å². The molecule has 1 aliphatic heterocycles. The molecule has 6 nitrogen and oxygen atoms in total. The lowest BCUT2D eigenvalue weighted by atomic mass is 9.96. The molecule has 2 aromatic heterocycles. The summed E-state index contributed by atoms with van der Waals surface area (Å²) in [6, 6.07) is 20.2. The van der Waals surface area contributed by atoms with Crippen molar-refractivity contribution in [3.63, 3.8) is 0 Å². The first kappa shape index (κ1) is 19.5. The molecule has 31 heavy (non-hydrogen) atoms. The average molecular weight is 412 g/mol. The number of aromatic amines is 1. The summed E-state index contributed by atoms with van der Waals surface area (Å²) in [5.41, 5.74) is 4.89. The molecule has 4 aromatic rings. The van der Waals surface area contributed by atoms with E-state index in [4.69, 9.17) is 0 Å². The van der Waals surface area contributed by atoms with Gasteiger partial charge in [-0.3, -0.25) is 19.8 Å². The molecule has 0 unspecified atom stereocenters. The number of rotatable bonds is 5. The van der Waals surface area contributed by atoms with Crippen LogP contribution in [0.3, 0.4) is 0 Å². The van der Waals surface area contributed by atoms with E-state index in [1.165, 1.54) is 5.56 Å². The molecule has 0 aliphatic carbocycles. The third-order valence-corrected chi connectivity index (χ3v) is 5.91. The predicted octanol–water partition coefficient (Wildman–Crippen LogP) is 4.48. The van der Waals surface area contributed by atoms with Gasteiger partial charge in [0.15, 0.2) is 0 Å². The van der Waals surface area contributed by atoms with Crippen molar-refractivity contribution in [1.29, 1.82) is 0 Å². The van der Waals surface area contributed by atoms with Crippen LogP contribution in [-0.2, 0) is 11.3 Å². The zero-order chi connectivity index (χ0) is 21.0. The lowest BCUT2D eigenvalue weighted by Crippen LogP contribution is -2.40. The van der Waals surface area contributed by atoms with E-state index in [0.29, 0.717) is 0 Å². The Morgan fingerprint density at radius 2 is 1.94 bits per heavy atom. The smallest absolute Gasteiger partial charge is 0.228 e. The highest BCUT2D eigenvalue weighted by molar-refractivity contribution is 5.99. The maximum absolute atomic E-state index is 13.0. The first-order valence-corrected chi connectivity index (χ1v) is 10.7. The number of piperidine rings is 1. The lowest BCUT2D eigenvalue weighted by molar-refractivity contribution is -0.121. The first-order valence-electron chi connectivity index (χ1n) is 10.7. The minimum atomic E-state index is -0.00261. The number of fused-ring (bicyclic) bond motifs is 1. The average Bonchev–Trinajstić information content (AvgIpc) is 3.24. The van der Waals surface area contributed by atoms with Gasteiger partial charge in [-0.1, -0.05) is 30.3 Å². The topological polar surface area (TPSA) is 73.9 Å². The van der Waals surface area contributed by atoms with Crippen molar-refractivity contribution in [2.24, 2.45) is 5.92 Å². The Kier molecular flexibility index (Phi) is 5.46. The number of likely N-dealkylation sites (tertiary alicyclic amines) is 1. The van der Waals surface area contributed by atoms with Gasteiger partial charge in [-0.15, -0.1) is 0 Å². The summed E-state index contributed by atoms with van der Waals surface area (Å²) in [5, 5.41) is 11.6. The summed E-state index contributed by atoms with van der Waals surface area (Å²) in [4.78, 5) is 19.5. The van der Waals surface area contributed by atoms with Gasteiger partial charge < -0.3 is 5.32 Å². The summed E-state index contributed by atoms with van der Waals surface area (Å²) in [5.74, 6) is 0.0863. The molecule has 156 valence electrons. The van der Waals surface area contributed by atoms with E-state index in [0.717, 1.165) is 60.3 Å². The molecule has 5 rings (SSSR count). The number of H-pyrrole nitrogens is 1. The first-order chi connectivity index (χ1) is 15.3. The van der Waals surface area contributed by atoms with Crippen molar-refractivity contribution in [3.8, 4) is 11.3 Å². The van der Waals surface area contributed by atoms with Crippen LogP contribution < -0.4 is 5.32 Å². The maximum Gasteiger partial charge on any atom is 0.228 e. The third kappa shape index (κ3) is 4.34. The molecule has 1 atom stereocenters. The molecular formula is C25H25N5O. The molecule has 1 amide bonds. The van der Waals surface area contributed by atoms with E-state index in [1.807, 2.05) is 36.4 Å². The predicted molar refractivity (Wildman–Crippen MR) is 122 cm³/mol. The van der Waals surface area contributed by atoms with Gasteiger partial charge in [-0.05, 0) is 55.3 Å². The lowest BCUT2D eigenvalue weighted by Gasteiger charge is -2.32. The number of carbonyl (C=O) groups is 1. The molecule has 0 radical (unpaired) electrons. The molecule has 6 heteroatoms. The second-order valence-corrected chi connectivity index (χ2v) is 8.12. The monoisotopic (exact) mass is 411 g/mol. The summed E-state index contributed by atoms with van der Waals surface area (Å²) in [6.45, 7) is 2.72. The van der Waals surface area contributed by atoms with Crippen LogP contribution in [0.15, 0.2) is 73.1 Å². The van der Waals surface area contributed by atoms with Gasteiger partial charge in [0, 0.05) is 42.1 Å². The molecule has 1 fully saturated rings. The van der Waals surface area contributed by atoms with Crippen molar-refractivity contribution in [2.75, 3.05) is 18.4 Å². The van der Waals surface area contributed by atoms with Gasteiger partial charge in [0.05, 0.1) is 11.4 Å². The standard InChI is InChI=1S/C25H25N5O/c31-25(20-7-4-14-30(17-20)16-18-5-2-1-3-6-18)27-21-8-9-23-22(15-21)24(29-28-23)19-10-12-26-13-11-19/h1-3,5-6,8-13,15,20H,4,7,14,16-17H2,(H,27,31)(H,28,29)/t20-/m0/s1. The fraction of sp³-hybridized carbons (Fsp3) is 0.240. The number of amides is 1. The van der Waals surface area contributed by atoms with Crippen LogP contribution in [0, 0.1) is 5.92 Å². The number of hydrogen-bond acceptors (Lipinski definition) is 4. The van der Waals surface area contributed by atoms with Gasteiger partial charge >= 0.3 is 0 Å². The SMILES string of the molecule is O=C(Nc1ccc2[nH]nc(-c3ccncc3)c2c1)[C@H]1CCCN(Cc2ccccc2)C1. The number of nitrogens with one attached hydrogen (secondary N) is 2. The zero-order valence-corrected chi connectivity index (χ0v) is 17.3. The maximum atomic E-state index is 13.0. The van der Waals surface area contributed by atoms with Gasteiger partial charge in [0.25, 0.3) is 0 Å². The Hall–Kier alpha value is -3.51. The Morgan fingerprint density at radius 3 is 2.77 bits per heavy atom. The Bertz CT molecular complexity index is 1170. The number of benzene rings is 2. The van der Waals surface area contributed by atoms with Gasteiger partial charge in [-0.25, -0.2) is 0 Å². The highest BCUT2D eigenvalue weighted by atomic mass is 16.1. The van der Waals surface area contributed by atoms with Crippen LogP contribution in [0.5, 0.6) is 0 Å². The molecule has 1 saturated heterocycles. The highest BCUT2D eigenvalue weighted by Gasteiger charge is 2.26. The van der Waals surface area contributed by atoms with Crippen molar-refractivity contribution in [2.45, 2.75) is 19.4 Å². The number of aromatic nitrogens is 3. The van der Waals surface area contributed by atoms with E-state index in [2.05, 4.69) is 49.7 Å². The number of hydrogen-bond donors (Lipinski definition) is 2. The molecular weight excluding hydrogens is 386 g/mol. The van der Waals surface area contributed by atoms with Gasteiger partial charge in [0.1, 0.15) is 5.69 Å². The molecule has 0 saturated carbocycles. The van der Waals surface area contributed by atoms with E-state index in [-0.39, 0.29) is 11.8 Å². The van der Waals surface area contributed by atoms with Crippen LogP contribution in [0.25, 0.3) is 22.2 Å². The Labute approximate surface area is 181 Å². The van der Waals surface area contributed by atoms with E-state index in [1.54, 1.807) is 12.4 Å². The summed E-state index contributed by atoms with van der Waals surface area (Å²) in [6.07, 6.45) is 5.47. The van der Waals surface area contributed by atoms with Crippen LogP contribution in [0.1, 0.15) is 18.4 Å². The van der Waals surface area contributed by atoms with Gasteiger partial charge in [0.2, 0.25) is 5.91 Å². The second-order valence-electron chi connectivity index (χ2n) is 8.12. The minimum absolute atomic E-state index is 0.00261. The molecule has 2 aromatic carbocycles. The normalized spacial score (nSPS) is 17.0. The molecule has 3 heterocycles. The highest BCUT2D eigenvalue weighted by Crippen LogP contribution is 2.28. The summed E-state index contributed by atoms with van der Waals surface area (Å²) in [7, 11) is 0. The second kappa shape index (κ2) is 8.70. The molecule has 0 bridgehead atoms. The third-order valence-electron chi connectivity index (χ3n) is 5.91. The van der Waals surface area contributed by atoms with Crippen molar-refractivity contribution in [1.82, 2.24) is 20.1 Å². The minimum Gasteiger partial charge on any atom is -0.326 e. The summed E-state index contributed by atoms with van der Waals surface area (Å²) < 4.78 is 0. The van der Waals surface area contributed by atoms with Gasteiger partial charge in [-0.2, -0.15) is 5.10 Å².